The molecule has 1 N–H and O–H groups in total. The van der Waals surface area contributed by atoms with Crippen LogP contribution in [0.5, 0.6) is 0 Å². The zero-order chi connectivity index (χ0) is 27.5. The van der Waals surface area contributed by atoms with Crippen molar-refractivity contribution in [2.45, 2.75) is 69.8 Å². The molecule has 4 aliphatic rings. The number of allylic oxidation sites excluding steroid dienone is 2. The zero-order valence-corrected chi connectivity index (χ0v) is 23.2. The van der Waals surface area contributed by atoms with Crippen molar-refractivity contribution in [3.63, 3.8) is 0 Å². The summed E-state index contributed by atoms with van der Waals surface area (Å²) in [6, 6.07) is 5.61. The number of nitrogens with zero attached hydrogens (tertiary/aromatic N) is 3. The topological polar surface area (TPSA) is 102 Å². The summed E-state index contributed by atoms with van der Waals surface area (Å²) >= 11 is 6.62. The molecule has 0 radical (unpaired) electrons. The summed E-state index contributed by atoms with van der Waals surface area (Å²) < 4.78 is 7.03. The van der Waals surface area contributed by atoms with Gasteiger partial charge in [-0.25, -0.2) is 0 Å². The predicted molar refractivity (Wildman–Crippen MR) is 146 cm³/mol. The fourth-order valence-corrected chi connectivity index (χ4v) is 6.70. The third-order valence-electron chi connectivity index (χ3n) is 9.01. The summed E-state index contributed by atoms with van der Waals surface area (Å²) in [5.41, 5.74) is 4.68. The van der Waals surface area contributed by atoms with Gasteiger partial charge in [0.05, 0.1) is 46.6 Å². The highest BCUT2D eigenvalue weighted by molar-refractivity contribution is 6.34. The molecule has 1 aromatic carbocycles. The van der Waals surface area contributed by atoms with Crippen molar-refractivity contribution in [2.24, 2.45) is 11.8 Å². The number of methoxy groups -OCH3 is 1. The van der Waals surface area contributed by atoms with Crippen molar-refractivity contribution in [1.29, 1.82) is 0 Å². The predicted octanol–water partition coefficient (Wildman–Crippen LogP) is 4.72. The van der Waals surface area contributed by atoms with Crippen LogP contribution in [0.25, 0.3) is 5.57 Å². The van der Waals surface area contributed by atoms with Crippen molar-refractivity contribution < 1.29 is 24.2 Å². The van der Waals surface area contributed by atoms with Gasteiger partial charge < -0.3 is 14.7 Å². The summed E-state index contributed by atoms with van der Waals surface area (Å²) in [5.74, 6) is -1.24. The Bertz CT molecular complexity index is 1390. The van der Waals surface area contributed by atoms with E-state index in [0.717, 1.165) is 40.9 Å². The number of likely N-dealkylation sites (tertiary alicyclic amines) is 1. The number of carbonyl (C=O) groups excluding carboxylic acids is 2. The Morgan fingerprint density at radius 1 is 1.10 bits per heavy atom. The Labute approximate surface area is 233 Å². The Morgan fingerprint density at radius 2 is 1.85 bits per heavy atom. The number of aromatic nitrogens is 2. The Morgan fingerprint density at radius 3 is 2.49 bits per heavy atom. The van der Waals surface area contributed by atoms with Gasteiger partial charge >= 0.3 is 5.97 Å². The molecule has 1 saturated carbocycles. The van der Waals surface area contributed by atoms with E-state index in [1.54, 1.807) is 13.2 Å². The van der Waals surface area contributed by atoms with Gasteiger partial charge in [0.15, 0.2) is 0 Å². The van der Waals surface area contributed by atoms with E-state index in [0.29, 0.717) is 68.1 Å². The second-order valence-corrected chi connectivity index (χ2v) is 12.2. The van der Waals surface area contributed by atoms with Gasteiger partial charge in [0.2, 0.25) is 5.91 Å². The van der Waals surface area contributed by atoms with E-state index < -0.39 is 11.9 Å². The van der Waals surface area contributed by atoms with Crippen LogP contribution in [0.2, 0.25) is 5.02 Å². The molecule has 3 aliphatic carbocycles. The van der Waals surface area contributed by atoms with Crippen LogP contribution in [0.3, 0.4) is 0 Å². The first kappa shape index (κ1) is 26.3. The molecule has 1 saturated heterocycles. The first-order chi connectivity index (χ1) is 18.7. The van der Waals surface area contributed by atoms with Crippen LogP contribution in [0.15, 0.2) is 24.3 Å². The molecule has 2 fully saturated rings. The molecular formula is C30H34ClN3O5. The van der Waals surface area contributed by atoms with Crippen LogP contribution in [0, 0.1) is 11.8 Å². The van der Waals surface area contributed by atoms with Crippen molar-refractivity contribution in [3.05, 3.63) is 57.4 Å². The molecule has 9 heteroatoms. The van der Waals surface area contributed by atoms with Gasteiger partial charge in [0.1, 0.15) is 0 Å². The maximum absolute atomic E-state index is 14.1. The molecule has 1 amide bonds. The molecule has 8 nitrogen and oxygen atoms in total. The maximum atomic E-state index is 14.1. The highest BCUT2D eigenvalue weighted by atomic mass is 35.5. The van der Waals surface area contributed by atoms with E-state index in [1.807, 2.05) is 30.0 Å². The zero-order valence-electron chi connectivity index (χ0n) is 22.4. The van der Waals surface area contributed by atoms with Gasteiger partial charge in [-0.15, -0.1) is 0 Å². The lowest BCUT2D eigenvalue weighted by Crippen LogP contribution is -2.64. The summed E-state index contributed by atoms with van der Waals surface area (Å²) in [4.78, 5) is 40.9. The number of carbonyl (C=O) groups is 3. The first-order valence-electron chi connectivity index (χ1n) is 13.9. The second-order valence-electron chi connectivity index (χ2n) is 11.8. The Balaban J connectivity index is 1.36. The van der Waals surface area contributed by atoms with E-state index in [9.17, 15) is 19.5 Å². The lowest BCUT2D eigenvalue weighted by Gasteiger charge is -2.48. The van der Waals surface area contributed by atoms with Crippen molar-refractivity contribution in [1.82, 2.24) is 14.7 Å². The molecular weight excluding hydrogens is 518 g/mol. The fourth-order valence-electron chi connectivity index (χ4n) is 6.43. The normalized spacial score (nSPS) is 24.0. The van der Waals surface area contributed by atoms with Gasteiger partial charge in [-0.3, -0.25) is 14.4 Å². The third kappa shape index (κ3) is 4.72. The van der Waals surface area contributed by atoms with Gasteiger partial charge in [-0.05, 0) is 75.0 Å². The van der Waals surface area contributed by atoms with Crippen LogP contribution in [-0.2, 0) is 27.2 Å². The van der Waals surface area contributed by atoms with E-state index in [2.05, 4.69) is 0 Å². The summed E-state index contributed by atoms with van der Waals surface area (Å²) in [6.07, 6.45) is 7.38. The molecule has 2 unspecified atom stereocenters. The lowest BCUT2D eigenvalue weighted by atomic mass is 9.81. The minimum atomic E-state index is -0.781. The number of amides is 1. The number of benzene rings is 1. The molecule has 2 atom stereocenters. The van der Waals surface area contributed by atoms with Gasteiger partial charge in [0.25, 0.3) is 5.91 Å². The average Bonchev–Trinajstić information content (AvgIpc) is 3.70. The molecule has 2 aromatic rings. The smallest absolute Gasteiger partial charge is 0.306 e. The van der Waals surface area contributed by atoms with Crippen LogP contribution >= 0.6 is 11.6 Å². The molecule has 1 aliphatic heterocycles. The number of halogens is 1. The Kier molecular flexibility index (Phi) is 6.66. The van der Waals surface area contributed by atoms with Crippen LogP contribution in [-0.4, -0.2) is 63.4 Å². The van der Waals surface area contributed by atoms with Crippen molar-refractivity contribution in [3.8, 4) is 0 Å². The monoisotopic (exact) mass is 551 g/mol. The van der Waals surface area contributed by atoms with Gasteiger partial charge in [-0.2, -0.15) is 9.78 Å². The first-order valence-corrected chi connectivity index (χ1v) is 14.3. The molecule has 1 aromatic heterocycles. The molecule has 2 heterocycles. The van der Waals surface area contributed by atoms with Gasteiger partial charge in [-0.1, -0.05) is 29.8 Å². The van der Waals surface area contributed by atoms with E-state index in [-0.39, 0.29) is 23.3 Å². The second kappa shape index (κ2) is 9.89. The van der Waals surface area contributed by atoms with E-state index in [4.69, 9.17) is 21.4 Å². The third-order valence-corrected chi connectivity index (χ3v) is 9.33. The largest absolute Gasteiger partial charge is 0.481 e. The van der Waals surface area contributed by atoms with Crippen molar-refractivity contribution >= 4 is 35.0 Å². The molecule has 39 heavy (non-hydrogen) atoms. The number of carboxylic acids is 1. The van der Waals surface area contributed by atoms with Crippen LogP contribution in [0.4, 0.5) is 0 Å². The quantitative estimate of drug-likeness (QED) is 0.557. The number of aliphatic carboxylic acids is 1. The number of rotatable bonds is 6. The van der Waals surface area contributed by atoms with E-state index >= 15 is 0 Å². The fraction of sp³-hybridized carbons (Fsp3) is 0.533. The highest BCUT2D eigenvalue weighted by Crippen LogP contribution is 2.44. The molecule has 6 rings (SSSR count). The SMILES string of the molecule is COC1(C)CN(C(=O)C2CCc3c(C4=CCC(C(=O)O)CC4)nn(C(=O)c4c(Cl)cccc4C4CC4)c3C2)C1. The van der Waals surface area contributed by atoms with Crippen molar-refractivity contribution in [2.75, 3.05) is 20.2 Å². The summed E-state index contributed by atoms with van der Waals surface area (Å²) in [5, 5.41) is 14.7. The number of fused-ring (bicyclic) bond motifs is 1. The minimum Gasteiger partial charge on any atom is -0.481 e. The van der Waals surface area contributed by atoms with Gasteiger partial charge in [0, 0.05) is 25.0 Å². The average molecular weight is 552 g/mol. The number of hydrogen-bond acceptors (Lipinski definition) is 5. The lowest BCUT2D eigenvalue weighted by molar-refractivity contribution is -0.162. The standard InChI is InChI=1S/C30H34ClN3O5/c1-30(39-2)15-33(16-30)27(35)20-12-13-22-24(14-20)34(32-26(22)18-8-10-19(11-9-18)29(37)38)28(36)25-21(17-6-7-17)4-3-5-23(25)31/h3-5,8,17,19-20H,6-7,9-16H2,1-2H3,(H,37,38). The molecule has 0 bridgehead atoms. The minimum absolute atomic E-state index is 0.0921. The summed E-state index contributed by atoms with van der Waals surface area (Å²) in [7, 11) is 1.67. The number of ether oxygens (including phenoxy) is 1. The number of hydrogen-bond donors (Lipinski definition) is 1. The Hall–Kier alpha value is -2.97. The number of carboxylic acid groups (broad SMARTS) is 1. The summed E-state index contributed by atoms with van der Waals surface area (Å²) in [6.45, 7) is 3.14. The van der Waals surface area contributed by atoms with Crippen LogP contribution < -0.4 is 0 Å². The molecule has 206 valence electrons. The van der Waals surface area contributed by atoms with E-state index in [1.165, 1.54) is 4.68 Å². The van der Waals surface area contributed by atoms with Crippen LogP contribution in [0.1, 0.15) is 84.2 Å². The maximum Gasteiger partial charge on any atom is 0.306 e. The highest BCUT2D eigenvalue weighted by Gasteiger charge is 2.45. The molecule has 0 spiro atoms.